The fraction of sp³-hybridized carbons (Fsp3) is 0.705. The molecular formula is C44H73N5O10. The Hall–Kier alpha value is -3.89. The van der Waals surface area contributed by atoms with Crippen LogP contribution >= 0.6 is 0 Å². The van der Waals surface area contributed by atoms with Crippen LogP contribution in [-0.2, 0) is 49.3 Å². The van der Waals surface area contributed by atoms with E-state index in [4.69, 9.17) is 29.8 Å². The van der Waals surface area contributed by atoms with Gasteiger partial charge in [-0.05, 0) is 107 Å². The summed E-state index contributed by atoms with van der Waals surface area (Å²) in [5, 5.41) is 9.13. The van der Waals surface area contributed by atoms with Gasteiger partial charge in [0.05, 0.1) is 26.2 Å². The molecule has 1 fully saturated rings. The summed E-state index contributed by atoms with van der Waals surface area (Å²) in [5.74, 6) is -2.64. The fourth-order valence-corrected chi connectivity index (χ4v) is 6.31. The summed E-state index contributed by atoms with van der Waals surface area (Å²) in [6, 6.07) is 6.50. The van der Waals surface area contributed by atoms with Crippen molar-refractivity contribution >= 4 is 35.9 Å². The van der Waals surface area contributed by atoms with E-state index in [1.165, 1.54) is 0 Å². The molecule has 2 atom stereocenters. The number of ether oxygens (including phenoxy) is 4. The average molecular weight is 832 g/mol. The van der Waals surface area contributed by atoms with Crippen LogP contribution in [0.25, 0.3) is 6.08 Å². The molecule has 1 aromatic carbocycles. The number of carboxylic acid groups (broad SMARTS) is 1. The Bertz CT molecular complexity index is 1550. The second-order valence-electron chi connectivity index (χ2n) is 19.3. The molecule has 0 bridgehead atoms. The highest BCUT2D eigenvalue weighted by Gasteiger charge is 2.31. The van der Waals surface area contributed by atoms with Gasteiger partial charge in [-0.3, -0.25) is 43.6 Å². The molecule has 15 nitrogen and oxygen atoms in total. The number of carbonyl (C=O) groups is 5. The van der Waals surface area contributed by atoms with Gasteiger partial charge in [0.25, 0.3) is 0 Å². The van der Waals surface area contributed by atoms with Crippen molar-refractivity contribution in [1.82, 2.24) is 19.6 Å². The van der Waals surface area contributed by atoms with Crippen molar-refractivity contribution in [2.45, 2.75) is 130 Å². The molecule has 0 spiro atoms. The van der Waals surface area contributed by atoms with Crippen molar-refractivity contribution in [2.75, 3.05) is 72.0 Å². The molecule has 1 aromatic rings. The average Bonchev–Trinajstić information content (AvgIpc) is 3.03. The minimum atomic E-state index is -1.07. The molecule has 1 unspecified atom stereocenters. The van der Waals surface area contributed by atoms with Crippen LogP contribution in [0.2, 0.25) is 0 Å². The summed E-state index contributed by atoms with van der Waals surface area (Å²) >= 11 is 0. The Morgan fingerprint density at radius 2 is 1.00 bits per heavy atom. The van der Waals surface area contributed by atoms with E-state index in [2.05, 4.69) is 4.90 Å². The lowest BCUT2D eigenvalue weighted by molar-refractivity contribution is -0.160. The van der Waals surface area contributed by atoms with E-state index < -0.39 is 46.4 Å². The minimum absolute atomic E-state index is 0.000389. The molecule has 1 aliphatic heterocycles. The first-order valence-corrected chi connectivity index (χ1v) is 20.6. The smallest absolute Gasteiger partial charge is 0.320 e. The summed E-state index contributed by atoms with van der Waals surface area (Å²) < 4.78 is 23.0. The number of aliphatic carboxylic acids is 1. The molecule has 0 aliphatic carbocycles. The van der Waals surface area contributed by atoms with Gasteiger partial charge in [-0.15, -0.1) is 0 Å². The molecule has 0 saturated carbocycles. The van der Waals surface area contributed by atoms with E-state index >= 15 is 0 Å². The topological polar surface area (TPSA) is 181 Å². The van der Waals surface area contributed by atoms with Gasteiger partial charge in [-0.1, -0.05) is 36.4 Å². The maximum atomic E-state index is 13.6. The second-order valence-corrected chi connectivity index (χ2v) is 19.3. The molecule has 0 aromatic heterocycles. The maximum absolute atomic E-state index is 13.6. The highest BCUT2D eigenvalue weighted by molar-refractivity contribution is 5.74. The first-order chi connectivity index (χ1) is 27.1. The van der Waals surface area contributed by atoms with Crippen LogP contribution in [0.3, 0.4) is 0 Å². The minimum Gasteiger partial charge on any atom is -0.480 e. The predicted molar refractivity (Wildman–Crippen MR) is 227 cm³/mol. The zero-order valence-corrected chi connectivity index (χ0v) is 37.8. The van der Waals surface area contributed by atoms with Crippen LogP contribution in [0, 0.1) is 0 Å². The third kappa shape index (κ3) is 23.5. The lowest BCUT2D eigenvalue weighted by atomic mass is 10.0. The number of benzene rings is 1. The van der Waals surface area contributed by atoms with Crippen LogP contribution in [0.15, 0.2) is 30.3 Å². The van der Waals surface area contributed by atoms with E-state index in [1.54, 1.807) is 6.08 Å². The Morgan fingerprint density at radius 1 is 0.627 bits per heavy atom. The molecule has 2 rings (SSSR count). The van der Waals surface area contributed by atoms with Crippen LogP contribution in [-0.4, -0.2) is 161 Å². The Kier molecular flexibility index (Phi) is 19.7. The Balaban J connectivity index is 2.63. The number of carboxylic acids is 1. The van der Waals surface area contributed by atoms with Gasteiger partial charge in [-0.2, -0.15) is 0 Å². The van der Waals surface area contributed by atoms with Crippen molar-refractivity contribution in [3.05, 3.63) is 41.5 Å². The van der Waals surface area contributed by atoms with Gasteiger partial charge < -0.3 is 29.8 Å². The zero-order chi connectivity index (χ0) is 44.8. The molecule has 3 N–H and O–H groups in total. The zero-order valence-electron chi connectivity index (χ0n) is 37.8. The second kappa shape index (κ2) is 22.6. The monoisotopic (exact) mass is 832 g/mol. The van der Waals surface area contributed by atoms with E-state index in [9.17, 15) is 24.0 Å². The SMILES string of the molecule is CC(C)(C)OC(=O)CN1CCN(CC(=O)OC(C)(C)C)CCN(CC(=O)OC(C)(C)C)[C@@H](Cc2ccc(/C=C/CC(N)C(=O)O)cc2)CN(CC(=O)OC(C)(C)C)CC1. The fourth-order valence-electron chi connectivity index (χ4n) is 6.31. The van der Waals surface area contributed by atoms with E-state index in [1.807, 2.05) is 128 Å². The standard InChI is InChI=1S/C44H73N5O10/c1-41(2,3)56-36(50)28-46-20-21-47(29-37(51)57-42(4,5)6)24-25-49(31-39(53)59-44(10,11)12)34(27-48(23-22-46)30-38(52)58-43(7,8)9)26-33-18-16-32(17-19-33)14-13-15-35(45)40(54)55/h13-14,16-19,34-35H,15,20-31,45H2,1-12H3,(H,54,55)/b14-13+/t34-,35?/m0/s1. The summed E-state index contributed by atoms with van der Waals surface area (Å²) in [7, 11) is 0. The summed E-state index contributed by atoms with van der Waals surface area (Å²) in [4.78, 5) is 72.5. The number of nitrogens with two attached hydrogens (primary N) is 1. The molecule has 0 amide bonds. The first kappa shape index (κ1) is 51.3. The molecule has 15 heteroatoms. The predicted octanol–water partition coefficient (Wildman–Crippen LogP) is 4.00. The molecule has 334 valence electrons. The van der Waals surface area contributed by atoms with E-state index in [0.29, 0.717) is 52.2 Å². The number of hydrogen-bond donors (Lipinski definition) is 2. The van der Waals surface area contributed by atoms with Crippen LogP contribution in [0.1, 0.15) is 101 Å². The van der Waals surface area contributed by atoms with Gasteiger partial charge in [0, 0.05) is 51.9 Å². The van der Waals surface area contributed by atoms with Gasteiger partial charge in [-0.25, -0.2) is 0 Å². The normalized spacial score (nSPS) is 18.4. The highest BCUT2D eigenvalue weighted by atomic mass is 16.6. The molecule has 1 saturated heterocycles. The Morgan fingerprint density at radius 3 is 1.41 bits per heavy atom. The first-order valence-electron chi connectivity index (χ1n) is 20.6. The molecular weight excluding hydrogens is 759 g/mol. The molecule has 59 heavy (non-hydrogen) atoms. The largest absolute Gasteiger partial charge is 0.480 e. The van der Waals surface area contributed by atoms with Gasteiger partial charge in [0.1, 0.15) is 28.4 Å². The van der Waals surface area contributed by atoms with Crippen molar-refractivity contribution < 1.29 is 48.0 Å². The third-order valence-corrected chi connectivity index (χ3v) is 8.69. The lowest BCUT2D eigenvalue weighted by Gasteiger charge is -2.39. The third-order valence-electron chi connectivity index (χ3n) is 8.69. The van der Waals surface area contributed by atoms with E-state index in [-0.39, 0.29) is 50.6 Å². The lowest BCUT2D eigenvalue weighted by Crippen LogP contribution is -2.54. The Labute approximate surface area is 352 Å². The van der Waals surface area contributed by atoms with Crippen molar-refractivity contribution in [3.63, 3.8) is 0 Å². The van der Waals surface area contributed by atoms with Gasteiger partial charge in [0.15, 0.2) is 0 Å². The summed E-state index contributed by atoms with van der Waals surface area (Å²) in [6.45, 7) is 24.4. The van der Waals surface area contributed by atoms with E-state index in [0.717, 1.165) is 11.1 Å². The van der Waals surface area contributed by atoms with Crippen molar-refractivity contribution in [2.24, 2.45) is 5.73 Å². The molecule has 1 heterocycles. The van der Waals surface area contributed by atoms with Gasteiger partial charge >= 0.3 is 29.8 Å². The number of carbonyl (C=O) groups excluding carboxylic acids is 4. The maximum Gasteiger partial charge on any atom is 0.320 e. The number of hydrogen-bond acceptors (Lipinski definition) is 14. The number of nitrogens with zero attached hydrogens (tertiary/aromatic N) is 4. The van der Waals surface area contributed by atoms with Crippen molar-refractivity contribution in [3.8, 4) is 0 Å². The van der Waals surface area contributed by atoms with Crippen molar-refractivity contribution in [1.29, 1.82) is 0 Å². The van der Waals surface area contributed by atoms with Crippen LogP contribution in [0.4, 0.5) is 0 Å². The number of esters is 4. The summed E-state index contributed by atoms with van der Waals surface area (Å²) in [6.07, 6.45) is 4.22. The van der Waals surface area contributed by atoms with Gasteiger partial charge in [0.2, 0.25) is 0 Å². The van der Waals surface area contributed by atoms with Crippen LogP contribution < -0.4 is 5.73 Å². The number of rotatable bonds is 14. The summed E-state index contributed by atoms with van der Waals surface area (Å²) in [5.41, 5.74) is 4.70. The quantitative estimate of drug-likeness (QED) is 0.203. The van der Waals surface area contributed by atoms with Crippen LogP contribution in [0.5, 0.6) is 0 Å². The molecule has 0 radical (unpaired) electrons. The highest BCUT2D eigenvalue weighted by Crippen LogP contribution is 2.18. The molecule has 1 aliphatic rings.